The molecule has 0 spiro atoms. The smallest absolute Gasteiger partial charge is 0.226 e. The van der Waals surface area contributed by atoms with Crippen LogP contribution in [-0.2, 0) is 20.0 Å². The third kappa shape index (κ3) is 6.84. The van der Waals surface area contributed by atoms with Crippen LogP contribution in [0.3, 0.4) is 0 Å². The molecular formula is C22H31N7O2. The average molecular weight is 426 g/mol. The topological polar surface area (TPSA) is 102 Å². The Hall–Kier alpha value is -3.36. The van der Waals surface area contributed by atoms with Crippen LogP contribution in [0.15, 0.2) is 46.0 Å². The van der Waals surface area contributed by atoms with Gasteiger partial charge in [0.1, 0.15) is 5.75 Å². The lowest BCUT2D eigenvalue weighted by molar-refractivity contribution is 0.374. The molecule has 3 rings (SSSR count). The van der Waals surface area contributed by atoms with Gasteiger partial charge in [0.25, 0.3) is 0 Å². The quantitative estimate of drug-likeness (QED) is 0.277. The summed E-state index contributed by atoms with van der Waals surface area (Å²) >= 11 is 0. The fourth-order valence-electron chi connectivity index (χ4n) is 3.06. The molecule has 0 fully saturated rings. The van der Waals surface area contributed by atoms with Crippen molar-refractivity contribution in [3.05, 3.63) is 48.1 Å². The van der Waals surface area contributed by atoms with Crippen molar-refractivity contribution in [2.45, 2.75) is 39.2 Å². The van der Waals surface area contributed by atoms with Crippen molar-refractivity contribution in [3.63, 3.8) is 0 Å². The number of aliphatic imine (C=N–C) groups is 1. The highest BCUT2D eigenvalue weighted by molar-refractivity contribution is 5.79. The molecule has 9 nitrogen and oxygen atoms in total. The number of hydrogen-bond donors (Lipinski definition) is 2. The summed E-state index contributed by atoms with van der Waals surface area (Å²) in [6.45, 7) is 4.34. The van der Waals surface area contributed by atoms with E-state index in [4.69, 9.17) is 9.26 Å². The van der Waals surface area contributed by atoms with Crippen molar-refractivity contribution in [2.24, 2.45) is 12.0 Å². The Morgan fingerprint density at radius 2 is 1.97 bits per heavy atom. The van der Waals surface area contributed by atoms with Gasteiger partial charge in [-0.25, -0.2) is 4.99 Å². The number of rotatable bonds is 11. The van der Waals surface area contributed by atoms with Gasteiger partial charge in [-0.05, 0) is 50.1 Å². The molecule has 2 heterocycles. The maximum Gasteiger partial charge on any atom is 0.226 e. The second kappa shape index (κ2) is 11.7. The number of nitrogens with one attached hydrogen (secondary N) is 2. The number of methoxy groups -OCH3 is 1. The summed E-state index contributed by atoms with van der Waals surface area (Å²) in [7, 11) is 3.57. The summed E-state index contributed by atoms with van der Waals surface area (Å²) in [5.74, 6) is 2.91. The first kappa shape index (κ1) is 22.3. The highest BCUT2D eigenvalue weighted by Crippen LogP contribution is 2.20. The van der Waals surface area contributed by atoms with E-state index in [1.807, 2.05) is 42.1 Å². The highest BCUT2D eigenvalue weighted by atomic mass is 16.5. The van der Waals surface area contributed by atoms with Gasteiger partial charge in [0.2, 0.25) is 11.7 Å². The minimum absolute atomic E-state index is 0.597. The van der Waals surface area contributed by atoms with Crippen LogP contribution >= 0.6 is 0 Å². The van der Waals surface area contributed by atoms with E-state index in [-0.39, 0.29) is 0 Å². The zero-order valence-corrected chi connectivity index (χ0v) is 18.5. The maximum atomic E-state index is 5.39. The Labute approximate surface area is 182 Å². The molecule has 0 saturated carbocycles. The fourth-order valence-corrected chi connectivity index (χ4v) is 3.06. The third-order valence-electron chi connectivity index (χ3n) is 4.84. The second-order valence-corrected chi connectivity index (χ2v) is 7.12. The van der Waals surface area contributed by atoms with Gasteiger partial charge in [-0.2, -0.15) is 10.1 Å². The lowest BCUT2D eigenvalue weighted by Crippen LogP contribution is -2.37. The van der Waals surface area contributed by atoms with Crippen molar-refractivity contribution < 1.29 is 9.26 Å². The summed E-state index contributed by atoms with van der Waals surface area (Å²) in [5.41, 5.74) is 1.99. The van der Waals surface area contributed by atoms with Gasteiger partial charge < -0.3 is 19.9 Å². The lowest BCUT2D eigenvalue weighted by atomic mass is 10.2. The molecule has 0 aliphatic heterocycles. The van der Waals surface area contributed by atoms with E-state index in [0.29, 0.717) is 18.3 Å². The van der Waals surface area contributed by atoms with Crippen molar-refractivity contribution >= 4 is 5.96 Å². The van der Waals surface area contributed by atoms with Crippen LogP contribution in [0.4, 0.5) is 0 Å². The van der Waals surface area contributed by atoms with Crippen LogP contribution < -0.4 is 15.4 Å². The Morgan fingerprint density at radius 1 is 1.13 bits per heavy atom. The summed E-state index contributed by atoms with van der Waals surface area (Å²) in [6, 6.07) is 9.61. The highest BCUT2D eigenvalue weighted by Gasteiger charge is 2.08. The standard InChI is InChI=1S/C22H31N7O2/c1-4-23-22(25-16-18-13-15-26-29(18)2)24-14-7-5-6-8-20-27-21(28-31-20)17-9-11-19(30-3)12-10-17/h9-13,15H,4-8,14,16H2,1-3H3,(H2,23,24,25). The molecule has 0 amide bonds. The largest absolute Gasteiger partial charge is 0.497 e. The predicted molar refractivity (Wildman–Crippen MR) is 120 cm³/mol. The van der Waals surface area contributed by atoms with Crippen molar-refractivity contribution in [1.29, 1.82) is 0 Å². The first-order chi connectivity index (χ1) is 15.2. The van der Waals surface area contributed by atoms with E-state index in [0.717, 1.165) is 61.7 Å². The second-order valence-electron chi connectivity index (χ2n) is 7.12. The van der Waals surface area contributed by atoms with Gasteiger partial charge in [0.15, 0.2) is 5.96 Å². The zero-order valence-electron chi connectivity index (χ0n) is 18.5. The van der Waals surface area contributed by atoms with Gasteiger partial charge in [-0.3, -0.25) is 4.68 Å². The fraction of sp³-hybridized carbons (Fsp3) is 0.455. The monoisotopic (exact) mass is 425 g/mol. The molecule has 0 aliphatic carbocycles. The number of aromatic nitrogens is 4. The number of unbranched alkanes of at least 4 members (excludes halogenated alkanes) is 2. The average Bonchev–Trinajstić information content (AvgIpc) is 3.43. The summed E-state index contributed by atoms with van der Waals surface area (Å²) in [4.78, 5) is 9.11. The van der Waals surface area contributed by atoms with E-state index in [9.17, 15) is 0 Å². The molecule has 2 aromatic heterocycles. The molecule has 2 N–H and O–H groups in total. The van der Waals surface area contributed by atoms with Crippen molar-refractivity contribution in [2.75, 3.05) is 20.2 Å². The van der Waals surface area contributed by atoms with Crippen LogP contribution in [0.25, 0.3) is 11.4 Å². The molecule has 0 radical (unpaired) electrons. The van der Waals surface area contributed by atoms with Crippen molar-refractivity contribution in [1.82, 2.24) is 30.6 Å². The molecule has 9 heteroatoms. The Bertz CT molecular complexity index is 947. The van der Waals surface area contributed by atoms with Crippen LogP contribution in [0, 0.1) is 0 Å². The number of guanidine groups is 1. The number of benzene rings is 1. The maximum absolute atomic E-state index is 5.39. The first-order valence-electron chi connectivity index (χ1n) is 10.7. The summed E-state index contributed by atoms with van der Waals surface area (Å²) in [6.07, 6.45) is 5.66. The van der Waals surface area contributed by atoms with Gasteiger partial charge in [0.05, 0.1) is 19.3 Å². The molecule has 1 aromatic carbocycles. The van der Waals surface area contributed by atoms with E-state index < -0.39 is 0 Å². The molecule has 3 aromatic rings. The SMILES string of the molecule is CCNC(=NCc1ccnn1C)NCCCCCc1nc(-c2ccc(OC)cc2)no1. The molecule has 0 atom stereocenters. The van der Waals surface area contributed by atoms with E-state index in [1.165, 1.54) is 0 Å². The molecule has 0 saturated heterocycles. The van der Waals surface area contributed by atoms with Crippen LogP contribution in [0.1, 0.15) is 37.8 Å². The number of nitrogens with zero attached hydrogens (tertiary/aromatic N) is 5. The molecule has 31 heavy (non-hydrogen) atoms. The van der Waals surface area contributed by atoms with Crippen LogP contribution in [-0.4, -0.2) is 46.1 Å². The molecular weight excluding hydrogens is 394 g/mol. The zero-order chi connectivity index (χ0) is 21.9. The first-order valence-corrected chi connectivity index (χ1v) is 10.7. The van der Waals surface area contributed by atoms with Crippen molar-refractivity contribution in [3.8, 4) is 17.1 Å². The minimum Gasteiger partial charge on any atom is -0.497 e. The van der Waals surface area contributed by atoms with E-state index >= 15 is 0 Å². The van der Waals surface area contributed by atoms with E-state index in [2.05, 4.69) is 37.8 Å². The number of aryl methyl sites for hydroxylation is 2. The minimum atomic E-state index is 0.597. The van der Waals surface area contributed by atoms with Gasteiger partial charge >= 0.3 is 0 Å². The predicted octanol–water partition coefficient (Wildman–Crippen LogP) is 2.95. The molecule has 166 valence electrons. The molecule has 0 bridgehead atoms. The Kier molecular flexibility index (Phi) is 8.45. The molecule has 0 unspecified atom stereocenters. The number of hydrogen-bond acceptors (Lipinski definition) is 6. The Balaban J connectivity index is 1.36. The van der Waals surface area contributed by atoms with Crippen LogP contribution in [0.5, 0.6) is 5.75 Å². The van der Waals surface area contributed by atoms with Crippen LogP contribution in [0.2, 0.25) is 0 Å². The van der Waals surface area contributed by atoms with Gasteiger partial charge in [-0.1, -0.05) is 11.6 Å². The van der Waals surface area contributed by atoms with Gasteiger partial charge in [-0.15, -0.1) is 0 Å². The summed E-state index contributed by atoms with van der Waals surface area (Å²) < 4.78 is 12.4. The lowest BCUT2D eigenvalue weighted by Gasteiger charge is -2.11. The number of ether oxygens (including phenoxy) is 1. The van der Waals surface area contributed by atoms with E-state index in [1.54, 1.807) is 13.3 Å². The summed E-state index contributed by atoms with van der Waals surface area (Å²) in [5, 5.41) is 14.9. The Morgan fingerprint density at radius 3 is 2.68 bits per heavy atom. The van der Waals surface area contributed by atoms with Gasteiger partial charge in [0, 0.05) is 38.3 Å². The third-order valence-corrected chi connectivity index (χ3v) is 4.84. The molecule has 0 aliphatic rings. The normalized spacial score (nSPS) is 11.5.